The Morgan fingerprint density at radius 1 is 1.13 bits per heavy atom. The van der Waals surface area contributed by atoms with E-state index in [1.54, 1.807) is 0 Å². The molecule has 23 heavy (non-hydrogen) atoms. The predicted molar refractivity (Wildman–Crippen MR) is 91.9 cm³/mol. The van der Waals surface area contributed by atoms with Gasteiger partial charge in [0.25, 0.3) is 0 Å². The molecule has 2 atom stereocenters. The van der Waals surface area contributed by atoms with Gasteiger partial charge in [-0.3, -0.25) is 4.79 Å². The number of oxime groups is 1. The van der Waals surface area contributed by atoms with Gasteiger partial charge in [-0.05, 0) is 55.4 Å². The smallest absolute Gasteiger partial charge is 0.231 e. The molecule has 2 bridgehead atoms. The molecule has 4 nitrogen and oxygen atoms in total. The molecular formula is C19H26N2O2. The second kappa shape index (κ2) is 4.83. The highest BCUT2D eigenvalue weighted by molar-refractivity contribution is 6.06. The average Bonchev–Trinajstić information content (AvgIpc) is 2.75. The lowest BCUT2D eigenvalue weighted by Crippen LogP contribution is -2.43. The molecule has 1 aromatic carbocycles. The first kappa shape index (κ1) is 16.0. The summed E-state index contributed by atoms with van der Waals surface area (Å²) in [5, 5.41) is 16.1. The van der Waals surface area contributed by atoms with E-state index in [4.69, 9.17) is 0 Å². The number of nitrogens with one attached hydrogen (secondary N) is 1. The van der Waals surface area contributed by atoms with Crippen LogP contribution in [0.5, 0.6) is 0 Å². The zero-order chi connectivity index (χ0) is 17.0. The van der Waals surface area contributed by atoms with Gasteiger partial charge >= 0.3 is 0 Å². The molecule has 124 valence electrons. The maximum atomic E-state index is 13.2. The molecule has 0 aromatic heterocycles. The normalized spacial score (nSPS) is 33.2. The summed E-state index contributed by atoms with van der Waals surface area (Å²) in [6.07, 6.45) is 2.27. The number of rotatable bonds is 2. The van der Waals surface area contributed by atoms with Gasteiger partial charge in [0.15, 0.2) is 0 Å². The molecule has 4 heteroatoms. The molecule has 2 aliphatic carbocycles. The van der Waals surface area contributed by atoms with Gasteiger partial charge < -0.3 is 10.5 Å². The van der Waals surface area contributed by atoms with Crippen LogP contribution in [0.3, 0.4) is 0 Å². The number of nitrogens with zero attached hydrogens (tertiary/aromatic N) is 1. The molecule has 0 spiro atoms. The highest BCUT2D eigenvalue weighted by Crippen LogP contribution is 2.71. The molecule has 2 fully saturated rings. The van der Waals surface area contributed by atoms with Gasteiger partial charge in [-0.1, -0.05) is 32.0 Å². The van der Waals surface area contributed by atoms with Gasteiger partial charge in [-0.2, -0.15) is 0 Å². The Hall–Kier alpha value is -1.84. The molecule has 3 rings (SSSR count). The number of fused-ring (bicyclic) bond motifs is 2. The Morgan fingerprint density at radius 2 is 1.74 bits per heavy atom. The minimum atomic E-state index is -0.499. The monoisotopic (exact) mass is 314 g/mol. The second-order valence-corrected chi connectivity index (χ2v) is 8.09. The number of aryl methyl sites for hydroxylation is 2. The number of amides is 1. The van der Waals surface area contributed by atoms with E-state index >= 15 is 0 Å². The van der Waals surface area contributed by atoms with Crippen LogP contribution in [0.1, 0.15) is 51.2 Å². The van der Waals surface area contributed by atoms with Crippen LogP contribution in [-0.4, -0.2) is 16.8 Å². The molecule has 1 amide bonds. The van der Waals surface area contributed by atoms with Crippen LogP contribution in [0, 0.1) is 30.1 Å². The van der Waals surface area contributed by atoms with Gasteiger partial charge in [0.05, 0.1) is 11.1 Å². The number of benzene rings is 1. The highest BCUT2D eigenvalue weighted by Gasteiger charge is 2.71. The van der Waals surface area contributed by atoms with Crippen molar-refractivity contribution in [3.05, 3.63) is 29.3 Å². The van der Waals surface area contributed by atoms with E-state index in [1.807, 2.05) is 26.0 Å². The van der Waals surface area contributed by atoms with Crippen LogP contribution < -0.4 is 5.32 Å². The van der Waals surface area contributed by atoms with Crippen LogP contribution >= 0.6 is 0 Å². The highest BCUT2D eigenvalue weighted by atomic mass is 16.4. The lowest BCUT2D eigenvalue weighted by atomic mass is 9.64. The fourth-order valence-corrected chi connectivity index (χ4v) is 4.83. The largest absolute Gasteiger partial charge is 0.411 e. The minimum Gasteiger partial charge on any atom is -0.411 e. The molecule has 0 radical (unpaired) electrons. The quantitative estimate of drug-likeness (QED) is 0.632. The van der Waals surface area contributed by atoms with E-state index in [2.05, 4.69) is 37.3 Å². The van der Waals surface area contributed by atoms with Crippen molar-refractivity contribution in [2.75, 3.05) is 5.32 Å². The summed E-state index contributed by atoms with van der Waals surface area (Å²) in [7, 11) is 0. The van der Waals surface area contributed by atoms with Gasteiger partial charge in [0.2, 0.25) is 5.91 Å². The lowest BCUT2D eigenvalue weighted by Gasteiger charge is -2.39. The first-order valence-corrected chi connectivity index (χ1v) is 8.27. The van der Waals surface area contributed by atoms with Crippen molar-refractivity contribution in [1.29, 1.82) is 0 Å². The van der Waals surface area contributed by atoms with Crippen molar-refractivity contribution in [3.63, 3.8) is 0 Å². The summed E-state index contributed by atoms with van der Waals surface area (Å²) in [6.45, 7) is 10.5. The topological polar surface area (TPSA) is 61.7 Å². The zero-order valence-electron chi connectivity index (χ0n) is 14.7. The predicted octanol–water partition coefficient (Wildman–Crippen LogP) is 4.29. The summed E-state index contributed by atoms with van der Waals surface area (Å²) in [6, 6.07) is 6.09. The summed E-state index contributed by atoms with van der Waals surface area (Å²) in [5.74, 6) is 0.0508. The Bertz CT molecular complexity index is 687. The van der Waals surface area contributed by atoms with Crippen molar-refractivity contribution in [3.8, 4) is 0 Å². The van der Waals surface area contributed by atoms with Gasteiger partial charge in [0.1, 0.15) is 0 Å². The summed E-state index contributed by atoms with van der Waals surface area (Å²) in [4.78, 5) is 13.2. The molecule has 0 saturated heterocycles. The van der Waals surface area contributed by atoms with Crippen LogP contribution in [-0.2, 0) is 4.79 Å². The summed E-state index contributed by atoms with van der Waals surface area (Å²) >= 11 is 0. The molecule has 0 aliphatic heterocycles. The van der Waals surface area contributed by atoms with Crippen LogP contribution in [0.2, 0.25) is 0 Å². The van der Waals surface area contributed by atoms with Crippen LogP contribution in [0.4, 0.5) is 5.69 Å². The van der Waals surface area contributed by atoms with Crippen molar-refractivity contribution in [1.82, 2.24) is 0 Å². The van der Waals surface area contributed by atoms with Crippen LogP contribution in [0.15, 0.2) is 23.4 Å². The summed E-state index contributed by atoms with van der Waals surface area (Å²) in [5.41, 5.74) is 2.95. The Balaban J connectivity index is 1.96. The number of hydrogen-bond donors (Lipinski definition) is 2. The summed E-state index contributed by atoms with van der Waals surface area (Å²) < 4.78 is 0. The average molecular weight is 314 g/mol. The van der Waals surface area contributed by atoms with Crippen molar-refractivity contribution < 1.29 is 10.0 Å². The van der Waals surface area contributed by atoms with Crippen molar-refractivity contribution in [2.45, 2.75) is 53.9 Å². The van der Waals surface area contributed by atoms with E-state index in [0.29, 0.717) is 6.42 Å². The zero-order valence-corrected chi connectivity index (χ0v) is 14.7. The number of carbonyl (C=O) groups is 1. The first-order valence-electron chi connectivity index (χ1n) is 8.27. The molecule has 2 saturated carbocycles. The Kier molecular flexibility index (Phi) is 3.36. The number of carbonyl (C=O) groups excluding carboxylic acids is 1. The van der Waals surface area contributed by atoms with Crippen molar-refractivity contribution in [2.24, 2.45) is 21.4 Å². The number of anilines is 1. The van der Waals surface area contributed by atoms with E-state index < -0.39 is 5.41 Å². The molecule has 2 aliphatic rings. The molecule has 0 heterocycles. The Labute approximate surface area is 138 Å². The lowest BCUT2D eigenvalue weighted by molar-refractivity contribution is -0.130. The van der Waals surface area contributed by atoms with Gasteiger partial charge in [0, 0.05) is 17.5 Å². The molecule has 2 unspecified atom stereocenters. The third kappa shape index (κ3) is 1.97. The maximum Gasteiger partial charge on any atom is 0.231 e. The second-order valence-electron chi connectivity index (χ2n) is 8.09. The number of hydrogen-bond acceptors (Lipinski definition) is 3. The first-order chi connectivity index (χ1) is 10.7. The van der Waals surface area contributed by atoms with E-state index in [1.165, 1.54) is 0 Å². The maximum absolute atomic E-state index is 13.2. The molecular weight excluding hydrogens is 288 g/mol. The minimum absolute atomic E-state index is 0.0508. The Morgan fingerprint density at radius 3 is 2.26 bits per heavy atom. The SMILES string of the molecule is Cc1cc(C)cc(NC(=O)C23CCC(C)(C(=NO)C2)C3(C)C)c1. The van der Waals surface area contributed by atoms with E-state index in [9.17, 15) is 10.0 Å². The fourth-order valence-electron chi connectivity index (χ4n) is 4.83. The molecule has 1 aromatic rings. The van der Waals surface area contributed by atoms with E-state index in [-0.39, 0.29) is 16.7 Å². The van der Waals surface area contributed by atoms with Crippen molar-refractivity contribution >= 4 is 17.3 Å². The third-order valence-electron chi connectivity index (χ3n) is 6.77. The standard InChI is InChI=1S/C19H26N2O2/c1-12-8-13(2)10-14(9-12)20-16(22)19-7-6-18(5,17(19,3)4)15(11-19)21-23/h8-10,23H,6-7,11H2,1-5H3,(H,20,22). The van der Waals surface area contributed by atoms with Gasteiger partial charge in [-0.25, -0.2) is 0 Å². The molecule has 2 N–H and O–H groups in total. The fraction of sp³-hybridized carbons (Fsp3) is 0.579. The third-order valence-corrected chi connectivity index (χ3v) is 6.77. The van der Waals surface area contributed by atoms with Crippen LogP contribution in [0.25, 0.3) is 0 Å². The van der Waals surface area contributed by atoms with E-state index in [0.717, 1.165) is 35.4 Å². The van der Waals surface area contributed by atoms with Gasteiger partial charge in [-0.15, -0.1) is 0 Å².